The van der Waals surface area contributed by atoms with Gasteiger partial charge in [0.05, 0.1) is 17.2 Å². The number of nitrogens with one attached hydrogen (secondary N) is 1. The summed E-state index contributed by atoms with van der Waals surface area (Å²) in [4.78, 5) is 24.4. The molecule has 0 radical (unpaired) electrons. The molecule has 0 atom stereocenters. The predicted octanol–water partition coefficient (Wildman–Crippen LogP) is 1.46. The topological polar surface area (TPSA) is 97.1 Å². The Kier molecular flexibility index (Phi) is 4.04. The van der Waals surface area contributed by atoms with Crippen molar-refractivity contribution >= 4 is 17.5 Å². The van der Waals surface area contributed by atoms with Crippen molar-refractivity contribution in [3.63, 3.8) is 0 Å². The third-order valence-electron chi connectivity index (χ3n) is 2.66. The average Bonchev–Trinajstić information content (AvgIpc) is 2.47. The highest BCUT2D eigenvalue weighted by Gasteiger charge is 2.20. The normalized spacial score (nSPS) is 10.1. The Hall–Kier alpha value is -2.77. The lowest BCUT2D eigenvalue weighted by molar-refractivity contribution is -0.384. The number of hydrogen-bond donors (Lipinski definition) is 1. The molecule has 2 aromatic rings. The van der Waals surface area contributed by atoms with Crippen LogP contribution in [0.15, 0.2) is 30.6 Å². The van der Waals surface area contributed by atoms with E-state index in [2.05, 4.69) is 20.3 Å². The molecule has 0 bridgehead atoms. The fourth-order valence-corrected chi connectivity index (χ4v) is 1.71. The van der Waals surface area contributed by atoms with Crippen LogP contribution in [0.1, 0.15) is 5.69 Å². The molecule has 0 aliphatic rings. The maximum absolute atomic E-state index is 11.0. The van der Waals surface area contributed by atoms with E-state index >= 15 is 0 Å². The SMILES string of the molecule is CNc1ncc([N+](=O)[O-])c(N(C)Cc2ccccn2)n1. The molecule has 0 fully saturated rings. The van der Waals surface area contributed by atoms with Gasteiger partial charge in [0.2, 0.25) is 11.8 Å². The largest absolute Gasteiger partial charge is 0.357 e. The van der Waals surface area contributed by atoms with Crippen molar-refractivity contribution < 1.29 is 4.92 Å². The fourth-order valence-electron chi connectivity index (χ4n) is 1.71. The second-order valence-electron chi connectivity index (χ2n) is 4.09. The zero-order chi connectivity index (χ0) is 14.5. The van der Waals surface area contributed by atoms with Crippen LogP contribution in [0.4, 0.5) is 17.5 Å². The van der Waals surface area contributed by atoms with Gasteiger partial charge in [-0.05, 0) is 12.1 Å². The van der Waals surface area contributed by atoms with Crippen LogP contribution in [0.3, 0.4) is 0 Å². The lowest BCUT2D eigenvalue weighted by Gasteiger charge is -2.17. The summed E-state index contributed by atoms with van der Waals surface area (Å²) in [6.07, 6.45) is 2.87. The van der Waals surface area contributed by atoms with Crippen LogP contribution in [0.25, 0.3) is 0 Å². The van der Waals surface area contributed by atoms with E-state index in [9.17, 15) is 10.1 Å². The molecule has 8 nitrogen and oxygen atoms in total. The van der Waals surface area contributed by atoms with Crippen molar-refractivity contribution in [3.05, 3.63) is 46.4 Å². The number of nitro groups is 1. The Morgan fingerprint density at radius 3 is 2.80 bits per heavy atom. The molecule has 104 valence electrons. The van der Waals surface area contributed by atoms with E-state index < -0.39 is 4.92 Å². The van der Waals surface area contributed by atoms with Crippen molar-refractivity contribution in [3.8, 4) is 0 Å². The summed E-state index contributed by atoms with van der Waals surface area (Å²) in [5, 5.41) is 13.8. The van der Waals surface area contributed by atoms with Crippen LogP contribution >= 0.6 is 0 Å². The lowest BCUT2D eigenvalue weighted by Crippen LogP contribution is -2.20. The molecule has 0 saturated heterocycles. The number of pyridine rings is 1. The van der Waals surface area contributed by atoms with Gasteiger partial charge in [0, 0.05) is 20.3 Å². The number of nitrogens with zero attached hydrogens (tertiary/aromatic N) is 5. The third kappa shape index (κ3) is 2.97. The zero-order valence-electron chi connectivity index (χ0n) is 11.1. The summed E-state index contributed by atoms with van der Waals surface area (Å²) in [7, 11) is 3.38. The number of hydrogen-bond acceptors (Lipinski definition) is 7. The second-order valence-corrected chi connectivity index (χ2v) is 4.09. The van der Waals surface area contributed by atoms with Crippen LogP contribution in [-0.2, 0) is 6.54 Å². The minimum atomic E-state index is -0.496. The molecule has 0 unspecified atom stereocenters. The van der Waals surface area contributed by atoms with E-state index in [1.54, 1.807) is 25.2 Å². The summed E-state index contributed by atoms with van der Waals surface area (Å²) in [6, 6.07) is 5.53. The Labute approximate surface area is 115 Å². The Morgan fingerprint density at radius 1 is 1.40 bits per heavy atom. The smallest absolute Gasteiger partial charge is 0.329 e. The number of aromatic nitrogens is 3. The lowest BCUT2D eigenvalue weighted by atomic mass is 10.3. The molecule has 0 spiro atoms. The fraction of sp³-hybridized carbons (Fsp3) is 0.250. The number of anilines is 2. The quantitative estimate of drug-likeness (QED) is 0.651. The van der Waals surface area contributed by atoms with Gasteiger partial charge >= 0.3 is 5.69 Å². The molecule has 20 heavy (non-hydrogen) atoms. The zero-order valence-corrected chi connectivity index (χ0v) is 11.1. The van der Waals surface area contributed by atoms with Crippen molar-refractivity contribution in [2.75, 3.05) is 24.3 Å². The van der Waals surface area contributed by atoms with Gasteiger partial charge in [0.1, 0.15) is 6.20 Å². The van der Waals surface area contributed by atoms with E-state index in [-0.39, 0.29) is 11.5 Å². The Balaban J connectivity index is 2.32. The molecule has 2 heterocycles. The first-order chi connectivity index (χ1) is 9.61. The third-order valence-corrected chi connectivity index (χ3v) is 2.66. The standard InChI is InChI=1S/C12H14N6O2/c1-13-12-15-7-10(18(19)20)11(16-12)17(2)8-9-5-3-4-6-14-9/h3-7H,8H2,1-2H3,(H,13,15,16). The maximum atomic E-state index is 11.0. The van der Waals surface area contributed by atoms with Crippen molar-refractivity contribution in [1.82, 2.24) is 15.0 Å². The van der Waals surface area contributed by atoms with Crippen molar-refractivity contribution in [2.24, 2.45) is 0 Å². The summed E-state index contributed by atoms with van der Waals surface area (Å²) >= 11 is 0. The molecule has 0 aromatic carbocycles. The van der Waals surface area contributed by atoms with E-state index in [0.717, 1.165) is 5.69 Å². The molecule has 2 rings (SSSR count). The molecular formula is C12H14N6O2. The highest BCUT2D eigenvalue weighted by atomic mass is 16.6. The first-order valence-corrected chi connectivity index (χ1v) is 5.92. The Bertz CT molecular complexity index is 604. The van der Waals surface area contributed by atoms with Gasteiger partial charge in [-0.1, -0.05) is 6.07 Å². The van der Waals surface area contributed by atoms with Crippen LogP contribution in [-0.4, -0.2) is 34.0 Å². The van der Waals surface area contributed by atoms with E-state index in [1.807, 2.05) is 18.2 Å². The van der Waals surface area contributed by atoms with Crippen molar-refractivity contribution in [1.29, 1.82) is 0 Å². The first kappa shape index (κ1) is 13.7. The maximum Gasteiger partial charge on any atom is 0.329 e. The van der Waals surface area contributed by atoms with Crippen LogP contribution in [0.2, 0.25) is 0 Å². The summed E-state index contributed by atoms with van der Waals surface area (Å²) < 4.78 is 0. The molecule has 0 aliphatic carbocycles. The van der Waals surface area contributed by atoms with Crippen molar-refractivity contribution in [2.45, 2.75) is 6.54 Å². The van der Waals surface area contributed by atoms with Gasteiger partial charge in [-0.25, -0.2) is 4.98 Å². The molecule has 1 N–H and O–H groups in total. The second kappa shape index (κ2) is 5.91. The molecule has 2 aromatic heterocycles. The molecule has 0 saturated carbocycles. The molecule has 0 amide bonds. The summed E-state index contributed by atoms with van der Waals surface area (Å²) in [6.45, 7) is 0.418. The van der Waals surface area contributed by atoms with Crippen LogP contribution < -0.4 is 10.2 Å². The van der Waals surface area contributed by atoms with Gasteiger partial charge in [0.25, 0.3) is 0 Å². The number of rotatable bonds is 5. The minimum Gasteiger partial charge on any atom is -0.357 e. The first-order valence-electron chi connectivity index (χ1n) is 5.92. The van der Waals surface area contributed by atoms with E-state index in [4.69, 9.17) is 0 Å². The van der Waals surface area contributed by atoms with Crippen LogP contribution in [0.5, 0.6) is 0 Å². The summed E-state index contributed by atoms with van der Waals surface area (Å²) in [5.74, 6) is 0.582. The van der Waals surface area contributed by atoms with Gasteiger partial charge in [-0.2, -0.15) is 4.98 Å². The van der Waals surface area contributed by atoms with E-state index in [1.165, 1.54) is 6.20 Å². The predicted molar refractivity (Wildman–Crippen MR) is 74.6 cm³/mol. The average molecular weight is 274 g/mol. The summed E-state index contributed by atoms with van der Waals surface area (Å²) in [5.41, 5.74) is 0.663. The van der Waals surface area contributed by atoms with Gasteiger partial charge in [-0.3, -0.25) is 15.1 Å². The monoisotopic (exact) mass is 274 g/mol. The highest BCUT2D eigenvalue weighted by Crippen LogP contribution is 2.25. The molecule has 8 heteroatoms. The molecular weight excluding hydrogens is 260 g/mol. The Morgan fingerprint density at radius 2 is 2.20 bits per heavy atom. The minimum absolute atomic E-state index is 0.137. The van der Waals surface area contributed by atoms with Gasteiger partial charge in [-0.15, -0.1) is 0 Å². The van der Waals surface area contributed by atoms with Gasteiger partial charge < -0.3 is 10.2 Å². The highest BCUT2D eigenvalue weighted by molar-refractivity contribution is 5.58. The van der Waals surface area contributed by atoms with E-state index in [0.29, 0.717) is 12.5 Å². The van der Waals surface area contributed by atoms with Crippen LogP contribution in [0, 0.1) is 10.1 Å². The van der Waals surface area contributed by atoms with Gasteiger partial charge in [0.15, 0.2) is 0 Å². The molecule has 0 aliphatic heterocycles.